The van der Waals surface area contributed by atoms with E-state index in [1.807, 2.05) is 0 Å². The van der Waals surface area contributed by atoms with Gasteiger partial charge in [0, 0.05) is 24.2 Å². The van der Waals surface area contributed by atoms with Gasteiger partial charge in [0.05, 0.1) is 21.8 Å². The summed E-state index contributed by atoms with van der Waals surface area (Å²) in [6.07, 6.45) is -3.30. The first-order valence-electron chi connectivity index (χ1n) is 8.57. The van der Waals surface area contributed by atoms with Gasteiger partial charge in [-0.05, 0) is 29.8 Å². The van der Waals surface area contributed by atoms with Gasteiger partial charge in [0.15, 0.2) is 0 Å². The Labute approximate surface area is 174 Å². The molecule has 0 unspecified atom stereocenters. The van der Waals surface area contributed by atoms with Crippen molar-refractivity contribution in [2.45, 2.75) is 12.2 Å². The van der Waals surface area contributed by atoms with E-state index in [2.05, 4.69) is 15.3 Å². The lowest BCUT2D eigenvalue weighted by Crippen LogP contribution is -2.21. The molecule has 0 aliphatic carbocycles. The van der Waals surface area contributed by atoms with Gasteiger partial charge in [-0.3, -0.25) is 0 Å². The number of aromatic nitrogens is 2. The summed E-state index contributed by atoms with van der Waals surface area (Å²) in [6.45, 7) is 0.190. The number of nitrogens with two attached hydrogens (primary N) is 1. The van der Waals surface area contributed by atoms with Crippen molar-refractivity contribution in [2.75, 3.05) is 11.9 Å². The van der Waals surface area contributed by atoms with Crippen molar-refractivity contribution in [1.29, 1.82) is 5.26 Å². The van der Waals surface area contributed by atoms with Crippen molar-refractivity contribution in [3.63, 3.8) is 0 Å². The van der Waals surface area contributed by atoms with Crippen LogP contribution in [0.2, 0.25) is 5.02 Å². The number of anilines is 1. The first-order chi connectivity index (χ1) is 14.2. The van der Waals surface area contributed by atoms with E-state index in [-0.39, 0.29) is 12.1 Å². The monoisotopic (exact) mass is 435 g/mol. The molecule has 30 heavy (non-hydrogen) atoms. The molecule has 3 N–H and O–H groups in total. The second kappa shape index (κ2) is 8.65. The van der Waals surface area contributed by atoms with Crippen molar-refractivity contribution in [3.05, 3.63) is 76.3 Å². The van der Waals surface area contributed by atoms with Gasteiger partial charge in [0.25, 0.3) is 0 Å². The van der Waals surface area contributed by atoms with E-state index in [4.69, 9.17) is 22.6 Å². The molecular weight excluding hydrogens is 422 g/mol. The predicted octanol–water partition coefficient (Wildman–Crippen LogP) is 4.94. The molecule has 3 rings (SSSR count). The first kappa shape index (κ1) is 21.5. The summed E-state index contributed by atoms with van der Waals surface area (Å²) in [5.74, 6) is -0.283. The molecule has 154 valence electrons. The van der Waals surface area contributed by atoms with Crippen molar-refractivity contribution in [1.82, 2.24) is 9.97 Å². The molecule has 0 spiro atoms. The number of nitrogens with one attached hydrogen (secondary N) is 1. The molecule has 5 nitrogen and oxygen atoms in total. The van der Waals surface area contributed by atoms with E-state index in [0.29, 0.717) is 22.6 Å². The van der Waals surface area contributed by atoms with Crippen molar-refractivity contribution in [3.8, 4) is 17.3 Å². The van der Waals surface area contributed by atoms with Crippen molar-refractivity contribution in [2.24, 2.45) is 5.73 Å². The highest BCUT2D eigenvalue weighted by Crippen LogP contribution is 2.36. The number of rotatable bonds is 5. The van der Waals surface area contributed by atoms with Crippen LogP contribution in [0.3, 0.4) is 0 Å². The Morgan fingerprint density at radius 3 is 2.53 bits per heavy atom. The fourth-order valence-electron chi connectivity index (χ4n) is 2.70. The third-order valence-electron chi connectivity index (χ3n) is 4.28. The van der Waals surface area contributed by atoms with Crippen LogP contribution in [0.1, 0.15) is 22.7 Å². The van der Waals surface area contributed by atoms with Crippen LogP contribution in [0.25, 0.3) is 11.3 Å². The quantitative estimate of drug-likeness (QED) is 0.554. The van der Waals surface area contributed by atoms with Gasteiger partial charge < -0.3 is 11.1 Å². The van der Waals surface area contributed by atoms with Crippen LogP contribution >= 0.6 is 11.6 Å². The van der Waals surface area contributed by atoms with Gasteiger partial charge in [0.1, 0.15) is 24.0 Å². The highest BCUT2D eigenvalue weighted by molar-refractivity contribution is 6.31. The maximum atomic E-state index is 13.7. The van der Waals surface area contributed by atoms with E-state index in [1.165, 1.54) is 36.7 Å². The fourth-order valence-corrected chi connectivity index (χ4v) is 2.99. The van der Waals surface area contributed by atoms with Crippen molar-refractivity contribution < 1.29 is 17.6 Å². The smallest absolute Gasteiger partial charge is 0.368 e. The number of hydrogen-bond donors (Lipinski definition) is 2. The molecule has 10 heteroatoms. The molecule has 0 radical (unpaired) electrons. The zero-order valence-corrected chi connectivity index (χ0v) is 16.0. The van der Waals surface area contributed by atoms with Gasteiger partial charge in [0.2, 0.25) is 0 Å². The molecule has 0 saturated heterocycles. The second-order valence-corrected chi connectivity index (χ2v) is 6.73. The standard InChI is InChI=1S/C20H14ClF4N5/c21-15-5-12(3-4-14(15)20(23,24)25)18-7-19(30-10-29-18)28-9-17(27)11-1-2-13(8-26)16(22)6-11/h1-7,10,17H,9,27H2,(H,28,29,30)/t17-/m0/s1. The molecule has 2 aromatic carbocycles. The van der Waals surface area contributed by atoms with E-state index < -0.39 is 28.6 Å². The van der Waals surface area contributed by atoms with Crippen LogP contribution in [0.15, 0.2) is 48.8 Å². The highest BCUT2D eigenvalue weighted by Gasteiger charge is 2.33. The summed E-state index contributed by atoms with van der Waals surface area (Å²) in [5, 5.41) is 11.3. The summed E-state index contributed by atoms with van der Waals surface area (Å²) in [4.78, 5) is 8.10. The summed E-state index contributed by atoms with van der Waals surface area (Å²) >= 11 is 5.76. The second-order valence-electron chi connectivity index (χ2n) is 6.32. The maximum Gasteiger partial charge on any atom is 0.417 e. The van der Waals surface area contributed by atoms with Gasteiger partial charge in [-0.15, -0.1) is 0 Å². The first-order valence-corrected chi connectivity index (χ1v) is 8.95. The lowest BCUT2D eigenvalue weighted by atomic mass is 10.1. The molecule has 1 aromatic heterocycles. The number of nitrogens with zero attached hydrogens (tertiary/aromatic N) is 3. The molecule has 3 aromatic rings. The lowest BCUT2D eigenvalue weighted by molar-refractivity contribution is -0.137. The Bertz CT molecular complexity index is 1110. The molecular formula is C20H14ClF4N5. The zero-order valence-electron chi connectivity index (χ0n) is 15.2. The van der Waals surface area contributed by atoms with Crippen LogP contribution in [0.4, 0.5) is 23.4 Å². The highest BCUT2D eigenvalue weighted by atomic mass is 35.5. The number of benzene rings is 2. The Kier molecular flexibility index (Phi) is 6.20. The Balaban J connectivity index is 1.74. The van der Waals surface area contributed by atoms with Crippen LogP contribution in [-0.4, -0.2) is 16.5 Å². The van der Waals surface area contributed by atoms with Crippen LogP contribution < -0.4 is 11.1 Å². The summed E-state index contributed by atoms with van der Waals surface area (Å²) < 4.78 is 52.3. The predicted molar refractivity (Wildman–Crippen MR) is 104 cm³/mol. The average molecular weight is 436 g/mol. The SMILES string of the molecule is N#Cc1ccc([C@@H](N)CNc2cc(-c3ccc(C(F)(F)F)c(Cl)c3)ncn2)cc1F. The van der Waals surface area contributed by atoms with E-state index >= 15 is 0 Å². The Morgan fingerprint density at radius 2 is 1.90 bits per heavy atom. The molecule has 0 saturated carbocycles. The average Bonchev–Trinajstić information content (AvgIpc) is 2.71. The van der Waals surface area contributed by atoms with E-state index in [1.54, 1.807) is 12.1 Å². The third kappa shape index (κ3) is 4.84. The minimum absolute atomic E-state index is 0.0745. The maximum absolute atomic E-state index is 13.7. The van der Waals surface area contributed by atoms with Crippen LogP contribution in [-0.2, 0) is 6.18 Å². The number of hydrogen-bond acceptors (Lipinski definition) is 5. The molecule has 0 amide bonds. The fraction of sp³-hybridized carbons (Fsp3) is 0.150. The molecule has 0 fully saturated rings. The minimum atomic E-state index is -4.55. The van der Waals surface area contributed by atoms with E-state index in [9.17, 15) is 17.6 Å². The van der Waals surface area contributed by atoms with E-state index in [0.717, 1.165) is 6.07 Å². The molecule has 0 aliphatic heterocycles. The van der Waals surface area contributed by atoms with Crippen molar-refractivity contribution >= 4 is 17.4 Å². The Hall–Kier alpha value is -3.22. The van der Waals surface area contributed by atoms with Gasteiger partial charge in [-0.1, -0.05) is 23.7 Å². The minimum Gasteiger partial charge on any atom is -0.368 e. The number of nitriles is 1. The van der Waals surface area contributed by atoms with Gasteiger partial charge >= 0.3 is 6.18 Å². The lowest BCUT2D eigenvalue weighted by Gasteiger charge is -2.14. The largest absolute Gasteiger partial charge is 0.417 e. The number of halogens is 5. The summed E-state index contributed by atoms with van der Waals surface area (Å²) in [5.41, 5.74) is 6.28. The van der Waals surface area contributed by atoms with Gasteiger partial charge in [-0.2, -0.15) is 18.4 Å². The normalized spacial score (nSPS) is 12.3. The van der Waals surface area contributed by atoms with Gasteiger partial charge in [-0.25, -0.2) is 14.4 Å². The molecule has 1 atom stereocenters. The third-order valence-corrected chi connectivity index (χ3v) is 4.59. The summed E-state index contributed by atoms with van der Waals surface area (Å²) in [6, 6.07) is 10.1. The molecule has 1 heterocycles. The van der Waals surface area contributed by atoms with Crippen LogP contribution in [0, 0.1) is 17.1 Å². The summed E-state index contributed by atoms with van der Waals surface area (Å²) in [7, 11) is 0. The zero-order chi connectivity index (χ0) is 21.9. The molecule has 0 aliphatic rings. The topological polar surface area (TPSA) is 87.6 Å². The Morgan fingerprint density at radius 1 is 1.13 bits per heavy atom. The number of alkyl halides is 3. The van der Waals surface area contributed by atoms with Crippen LogP contribution in [0.5, 0.6) is 0 Å². The molecule has 0 bridgehead atoms.